The number of methoxy groups -OCH3 is 3. The molecule has 8 heteroatoms. The molecule has 3 rings (SSSR count). The molecule has 2 fully saturated rings. The van der Waals surface area contributed by atoms with Crippen LogP contribution in [0.3, 0.4) is 0 Å². The van der Waals surface area contributed by atoms with Crippen molar-refractivity contribution in [1.82, 2.24) is 0 Å². The molecule has 0 amide bonds. The van der Waals surface area contributed by atoms with Gasteiger partial charge in [0.25, 0.3) is 0 Å². The van der Waals surface area contributed by atoms with Gasteiger partial charge < -0.3 is 28.4 Å². The smallest absolute Gasteiger partial charge is 0.220 e. The highest BCUT2D eigenvalue weighted by Gasteiger charge is 2.58. The second-order valence-electron chi connectivity index (χ2n) is 6.08. The Morgan fingerprint density at radius 1 is 0.885 bits per heavy atom. The predicted octanol–water partition coefficient (Wildman–Crippen LogP) is 2.56. The van der Waals surface area contributed by atoms with Gasteiger partial charge in [0, 0.05) is 26.9 Å². The number of thiocarbonyl (C=S) groups is 1. The van der Waals surface area contributed by atoms with Gasteiger partial charge in [-0.1, -0.05) is 42.1 Å². The molecule has 1 saturated carbocycles. The molecule has 7 atom stereocenters. The lowest BCUT2D eigenvalue weighted by Gasteiger charge is -2.53. The van der Waals surface area contributed by atoms with E-state index in [4.69, 9.17) is 40.6 Å². The first-order chi connectivity index (χ1) is 12.6. The third-order valence-electron chi connectivity index (χ3n) is 4.79. The molecule has 2 aliphatic rings. The molecule has 1 aliphatic carbocycles. The molecule has 1 aromatic rings. The van der Waals surface area contributed by atoms with Crippen LogP contribution in [-0.2, 0) is 28.4 Å². The summed E-state index contributed by atoms with van der Waals surface area (Å²) in [5.74, 6) is 0. The molecule has 2 bridgehead atoms. The van der Waals surface area contributed by atoms with Crippen LogP contribution in [0.2, 0.25) is 0 Å². The van der Waals surface area contributed by atoms with E-state index in [9.17, 15) is 0 Å². The lowest BCUT2D eigenvalue weighted by atomic mass is 9.83. The molecule has 26 heavy (non-hydrogen) atoms. The van der Waals surface area contributed by atoms with E-state index in [2.05, 4.69) is 0 Å². The molecule has 1 heterocycles. The van der Waals surface area contributed by atoms with Crippen molar-refractivity contribution < 1.29 is 28.4 Å². The van der Waals surface area contributed by atoms with E-state index in [1.54, 1.807) is 21.3 Å². The number of benzene rings is 1. The minimum Gasteiger partial charge on any atom is -0.469 e. The summed E-state index contributed by atoms with van der Waals surface area (Å²) in [7, 11) is 4.88. The molecule has 3 unspecified atom stereocenters. The van der Waals surface area contributed by atoms with E-state index < -0.39 is 24.6 Å². The van der Waals surface area contributed by atoms with Crippen LogP contribution < -0.4 is 0 Å². The lowest BCUT2D eigenvalue weighted by Crippen LogP contribution is -2.69. The van der Waals surface area contributed by atoms with Crippen LogP contribution in [0.1, 0.15) is 11.9 Å². The maximum atomic E-state index is 6.23. The molecule has 0 spiro atoms. The number of hydrogen-bond donors (Lipinski definition) is 0. The molecule has 0 radical (unpaired) electrons. The fourth-order valence-corrected chi connectivity index (χ4v) is 3.93. The van der Waals surface area contributed by atoms with Gasteiger partial charge in [-0.25, -0.2) is 0 Å². The second kappa shape index (κ2) is 8.97. The number of thioether (sulfide) groups is 1. The summed E-state index contributed by atoms with van der Waals surface area (Å²) in [6, 6.07) is 9.78. The van der Waals surface area contributed by atoms with Crippen LogP contribution in [0.5, 0.6) is 0 Å². The Morgan fingerprint density at radius 2 is 1.42 bits per heavy atom. The lowest BCUT2D eigenvalue weighted by molar-refractivity contribution is -0.361. The van der Waals surface area contributed by atoms with E-state index in [0.717, 1.165) is 5.56 Å². The van der Waals surface area contributed by atoms with Gasteiger partial charge in [0.2, 0.25) is 4.38 Å². The molecule has 0 aromatic heterocycles. The quantitative estimate of drug-likeness (QED) is 0.699. The summed E-state index contributed by atoms with van der Waals surface area (Å²) < 4.78 is 36.0. The van der Waals surface area contributed by atoms with Crippen LogP contribution in [0, 0.1) is 0 Å². The normalized spacial score (nSPS) is 36.5. The predicted molar refractivity (Wildman–Crippen MR) is 102 cm³/mol. The standard InChI is InChI=1S/C18H24O6S2/c1-19-11-14-12(20-2)16(24-18(25)26-4)13(21-3)15(11)23-17(22-14)10-8-6-5-7-9-10/h5-9,11-17H,1-4H3/t11?,12-,13-,14-,15+,16?,17?/m1/s1. The van der Waals surface area contributed by atoms with Crippen molar-refractivity contribution in [2.45, 2.75) is 42.9 Å². The Morgan fingerprint density at radius 3 is 1.88 bits per heavy atom. The zero-order chi connectivity index (χ0) is 18.7. The second-order valence-corrected chi connectivity index (χ2v) is 7.49. The Bertz CT molecular complexity index is 579. The summed E-state index contributed by atoms with van der Waals surface area (Å²) in [6.07, 6.45) is -1.05. The Balaban J connectivity index is 1.93. The van der Waals surface area contributed by atoms with Crippen molar-refractivity contribution in [3.8, 4) is 0 Å². The average molecular weight is 401 g/mol. The highest BCUT2D eigenvalue weighted by molar-refractivity contribution is 8.22. The maximum absolute atomic E-state index is 6.23. The van der Waals surface area contributed by atoms with Crippen LogP contribution in [0.25, 0.3) is 0 Å². The van der Waals surface area contributed by atoms with Gasteiger partial charge in [0.05, 0.1) is 0 Å². The van der Waals surface area contributed by atoms with Crippen LogP contribution in [0.15, 0.2) is 30.3 Å². The summed E-state index contributed by atoms with van der Waals surface area (Å²) in [6.45, 7) is 0. The summed E-state index contributed by atoms with van der Waals surface area (Å²) in [4.78, 5) is 0. The molecule has 0 N–H and O–H groups in total. The van der Waals surface area contributed by atoms with Gasteiger partial charge in [0.1, 0.15) is 30.5 Å². The third kappa shape index (κ3) is 3.77. The fraction of sp³-hybridized carbons (Fsp3) is 0.611. The van der Waals surface area contributed by atoms with Crippen molar-refractivity contribution in [2.24, 2.45) is 0 Å². The van der Waals surface area contributed by atoms with Crippen molar-refractivity contribution in [3.63, 3.8) is 0 Å². The highest BCUT2D eigenvalue weighted by Crippen LogP contribution is 2.42. The fourth-order valence-electron chi connectivity index (χ4n) is 3.61. The van der Waals surface area contributed by atoms with E-state index in [1.165, 1.54) is 11.8 Å². The number of ether oxygens (including phenoxy) is 6. The first-order valence-electron chi connectivity index (χ1n) is 8.33. The van der Waals surface area contributed by atoms with Gasteiger partial charge in [-0.15, -0.1) is 0 Å². The topological polar surface area (TPSA) is 55.4 Å². The first-order valence-corrected chi connectivity index (χ1v) is 9.96. The third-order valence-corrected chi connectivity index (χ3v) is 5.82. The van der Waals surface area contributed by atoms with Crippen LogP contribution >= 0.6 is 24.0 Å². The number of rotatable bonds is 5. The van der Waals surface area contributed by atoms with Gasteiger partial charge in [-0.2, -0.15) is 0 Å². The molecule has 1 aromatic carbocycles. The van der Waals surface area contributed by atoms with Crippen molar-refractivity contribution >= 4 is 28.4 Å². The first kappa shape index (κ1) is 20.0. The van der Waals surface area contributed by atoms with Crippen molar-refractivity contribution in [1.29, 1.82) is 0 Å². The molecule has 1 saturated heterocycles. The van der Waals surface area contributed by atoms with Gasteiger partial charge in [0.15, 0.2) is 12.4 Å². The summed E-state index contributed by atoms with van der Waals surface area (Å²) in [5, 5.41) is 0. The number of fused-ring (bicyclic) bond motifs is 2. The minimum absolute atomic E-state index is 0.340. The van der Waals surface area contributed by atoms with Crippen LogP contribution in [-0.4, -0.2) is 68.6 Å². The van der Waals surface area contributed by atoms with E-state index in [-0.39, 0.29) is 18.3 Å². The molecule has 6 nitrogen and oxygen atoms in total. The Labute approximate surface area is 163 Å². The largest absolute Gasteiger partial charge is 0.469 e. The van der Waals surface area contributed by atoms with Crippen molar-refractivity contribution in [3.05, 3.63) is 35.9 Å². The van der Waals surface area contributed by atoms with E-state index in [1.807, 2.05) is 36.6 Å². The van der Waals surface area contributed by atoms with E-state index >= 15 is 0 Å². The minimum atomic E-state index is -0.527. The Kier molecular flexibility index (Phi) is 6.90. The Hall–Kier alpha value is -0.740. The van der Waals surface area contributed by atoms with E-state index in [0.29, 0.717) is 4.38 Å². The van der Waals surface area contributed by atoms with Crippen molar-refractivity contribution in [2.75, 3.05) is 27.6 Å². The summed E-state index contributed by atoms with van der Waals surface area (Å²) in [5.41, 5.74) is 0.931. The highest BCUT2D eigenvalue weighted by atomic mass is 32.2. The molecular formula is C18H24O6S2. The SMILES string of the molecule is COC1[C@H]2OC(c3ccccc3)O[C@@H]1[C@@H](OC)C(OC(=S)SC)[C@@H]2OC. The van der Waals surface area contributed by atoms with Gasteiger partial charge >= 0.3 is 0 Å². The molecule has 1 aliphatic heterocycles. The number of hydrogen-bond acceptors (Lipinski definition) is 8. The molecule has 144 valence electrons. The zero-order valence-electron chi connectivity index (χ0n) is 15.2. The summed E-state index contributed by atoms with van der Waals surface area (Å²) >= 11 is 6.60. The molecular weight excluding hydrogens is 376 g/mol. The maximum Gasteiger partial charge on any atom is 0.220 e. The average Bonchev–Trinajstić information content (AvgIpc) is 2.68. The van der Waals surface area contributed by atoms with Gasteiger partial charge in [-0.05, 0) is 18.5 Å². The monoisotopic (exact) mass is 400 g/mol. The van der Waals surface area contributed by atoms with Crippen LogP contribution in [0.4, 0.5) is 0 Å². The zero-order valence-corrected chi connectivity index (χ0v) is 16.8. The van der Waals surface area contributed by atoms with Gasteiger partial charge in [-0.3, -0.25) is 0 Å².